The van der Waals surface area contributed by atoms with Crippen molar-refractivity contribution in [2.75, 3.05) is 0 Å². The van der Waals surface area contributed by atoms with E-state index in [-0.39, 0.29) is 0 Å². The van der Waals surface area contributed by atoms with Gasteiger partial charge in [0.25, 0.3) is 0 Å². The number of pyridine rings is 9. The molecular weight excluding hydrogens is 1030 g/mol. The number of benzene rings is 5. The summed E-state index contributed by atoms with van der Waals surface area (Å²) in [6.45, 7) is 29.2. The first-order chi connectivity index (χ1) is 40.5. The highest BCUT2D eigenvalue weighted by molar-refractivity contribution is 5.90. The lowest BCUT2D eigenvalue weighted by Gasteiger charge is -2.03. The standard InChI is InChI=1S/C12H12.3C11H11N.3C10H10N2/c1-9-5-3-8-12-10(2)6-4-7-11(9)12;1-8-4-3-5-10-9(2)6-12-7-11(8)10;1-8-6-7-12-11-9(2)4-3-5-10(8)11;1-8-4-3-5-11-9(2)12-7-6-10(8)11;2*1-7-3-5-12-10-8(2)4-6-11-9(7)10;1-7-3-4-12-10-8(2)5-11-6-9(7)10/h3-8H,1-2H3;3*3-7H,1-2H3;3*3-6H,1-2H3. The minimum Gasteiger partial charge on any atom is -0.264 e. The first kappa shape index (κ1) is 60.4. The van der Waals surface area contributed by atoms with Gasteiger partial charge in [0.2, 0.25) is 0 Å². The van der Waals surface area contributed by atoms with E-state index in [0.29, 0.717) is 0 Å². The summed E-state index contributed by atoms with van der Waals surface area (Å²) >= 11 is 0. The molecule has 0 fully saturated rings. The molecule has 9 nitrogen and oxygen atoms in total. The summed E-state index contributed by atoms with van der Waals surface area (Å²) in [5, 5.41) is 10.3. The minimum absolute atomic E-state index is 1.01. The predicted octanol–water partition coefficient (Wildman–Crippen LogP) is 18.8. The van der Waals surface area contributed by atoms with Crippen molar-refractivity contribution in [3.8, 4) is 0 Å². The fourth-order valence-corrected chi connectivity index (χ4v) is 10.0. The van der Waals surface area contributed by atoms with Crippen molar-refractivity contribution < 1.29 is 0 Å². The monoisotopic (exact) mass is 1100 g/mol. The van der Waals surface area contributed by atoms with Gasteiger partial charge in [0.05, 0.1) is 33.1 Å². The van der Waals surface area contributed by atoms with Crippen molar-refractivity contribution >= 4 is 76.2 Å². The zero-order valence-corrected chi connectivity index (χ0v) is 51.1. The van der Waals surface area contributed by atoms with E-state index in [2.05, 4.69) is 225 Å². The van der Waals surface area contributed by atoms with Gasteiger partial charge >= 0.3 is 0 Å². The van der Waals surface area contributed by atoms with Crippen LogP contribution in [0.2, 0.25) is 0 Å². The molecule has 5 aromatic carbocycles. The van der Waals surface area contributed by atoms with E-state index in [0.717, 1.165) is 49.7 Å². The van der Waals surface area contributed by atoms with Crippen LogP contribution in [0.25, 0.3) is 76.2 Å². The van der Waals surface area contributed by atoms with E-state index in [1.807, 2.05) is 118 Å². The van der Waals surface area contributed by atoms with Gasteiger partial charge in [-0.2, -0.15) is 0 Å². The molecule has 0 unspecified atom stereocenters. The predicted molar refractivity (Wildman–Crippen MR) is 354 cm³/mol. The number of rotatable bonds is 0. The van der Waals surface area contributed by atoms with Gasteiger partial charge in [0.15, 0.2) is 0 Å². The lowest BCUT2D eigenvalue weighted by atomic mass is 10.0. The Labute approximate surface area is 495 Å². The number of nitrogens with zero attached hydrogens (tertiary/aromatic N) is 9. The van der Waals surface area contributed by atoms with Crippen LogP contribution < -0.4 is 0 Å². The van der Waals surface area contributed by atoms with Gasteiger partial charge in [-0.3, -0.25) is 44.9 Å². The lowest BCUT2D eigenvalue weighted by molar-refractivity contribution is 1.23. The average Bonchev–Trinajstić information content (AvgIpc) is 3.65. The van der Waals surface area contributed by atoms with Gasteiger partial charge < -0.3 is 0 Å². The molecule has 9 heteroatoms. The average molecular weight is 1100 g/mol. The molecule has 0 spiro atoms. The highest BCUT2D eigenvalue weighted by Crippen LogP contribution is 2.24. The summed E-state index contributed by atoms with van der Waals surface area (Å²) in [4.78, 5) is 38.3. The summed E-state index contributed by atoms with van der Waals surface area (Å²) < 4.78 is 0. The van der Waals surface area contributed by atoms with Crippen LogP contribution in [0.5, 0.6) is 0 Å². The van der Waals surface area contributed by atoms with Crippen LogP contribution in [0.4, 0.5) is 0 Å². The molecule has 0 aliphatic heterocycles. The molecule has 9 aromatic heterocycles. The fraction of sp³-hybridized carbons (Fsp3) is 0.187. The maximum absolute atomic E-state index is 4.34. The first-order valence-electron chi connectivity index (χ1n) is 28.4. The molecule has 0 bridgehead atoms. The Morgan fingerprint density at radius 1 is 0.179 bits per heavy atom. The van der Waals surface area contributed by atoms with Gasteiger partial charge in [-0.25, -0.2) is 0 Å². The quantitative estimate of drug-likeness (QED) is 0.146. The van der Waals surface area contributed by atoms with E-state index in [1.54, 1.807) is 0 Å². The van der Waals surface area contributed by atoms with Crippen molar-refractivity contribution in [3.63, 3.8) is 0 Å². The third-order valence-corrected chi connectivity index (χ3v) is 15.1. The molecule has 0 atom stereocenters. The summed E-state index contributed by atoms with van der Waals surface area (Å²) in [5.41, 5.74) is 23.6. The van der Waals surface area contributed by atoms with Crippen LogP contribution in [0.15, 0.2) is 202 Å². The van der Waals surface area contributed by atoms with E-state index in [4.69, 9.17) is 0 Å². The fourth-order valence-electron chi connectivity index (χ4n) is 10.0. The van der Waals surface area contributed by atoms with Crippen molar-refractivity contribution in [1.82, 2.24) is 44.9 Å². The van der Waals surface area contributed by atoms with E-state index in [9.17, 15) is 0 Å². The van der Waals surface area contributed by atoms with Crippen LogP contribution in [-0.4, -0.2) is 44.9 Å². The molecule has 0 radical (unpaired) electrons. The molecule has 9 heterocycles. The molecule has 14 aromatic rings. The summed E-state index contributed by atoms with van der Waals surface area (Å²) in [6.07, 6.45) is 20.4. The van der Waals surface area contributed by atoms with Gasteiger partial charge in [-0.1, -0.05) is 91.0 Å². The Morgan fingerprint density at radius 3 is 0.857 bits per heavy atom. The zero-order valence-electron chi connectivity index (χ0n) is 51.1. The number of aromatic nitrogens is 9. The van der Waals surface area contributed by atoms with Gasteiger partial charge in [-0.15, -0.1) is 0 Å². The smallest absolute Gasteiger partial charge is 0.0918 e. The molecule has 0 amide bonds. The number of hydrogen-bond donors (Lipinski definition) is 0. The van der Waals surface area contributed by atoms with E-state index in [1.165, 1.54) is 104 Å². The molecule has 0 aliphatic rings. The maximum Gasteiger partial charge on any atom is 0.0918 e. The molecular formula is C75H75N9. The van der Waals surface area contributed by atoms with Gasteiger partial charge in [0.1, 0.15) is 0 Å². The van der Waals surface area contributed by atoms with Crippen molar-refractivity contribution in [2.45, 2.75) is 96.9 Å². The molecule has 84 heavy (non-hydrogen) atoms. The Morgan fingerprint density at radius 2 is 0.452 bits per heavy atom. The maximum atomic E-state index is 4.34. The number of fused-ring (bicyclic) bond motifs is 7. The zero-order chi connectivity index (χ0) is 59.9. The highest BCUT2D eigenvalue weighted by atomic mass is 14.8. The Kier molecular flexibility index (Phi) is 20.3. The van der Waals surface area contributed by atoms with E-state index < -0.39 is 0 Å². The topological polar surface area (TPSA) is 116 Å². The minimum atomic E-state index is 1.01. The van der Waals surface area contributed by atoms with Crippen LogP contribution >= 0.6 is 0 Å². The second-order valence-corrected chi connectivity index (χ2v) is 21.4. The molecule has 0 saturated carbocycles. The lowest BCUT2D eigenvalue weighted by Crippen LogP contribution is -1.88. The SMILES string of the molecule is Cc1cccc2c(C)cccc12.Cc1cccc2c(C)nccc12.Cc1ccnc2c(C)cccc12.Cc1ccnc2c(C)ccnc12.Cc1ccnc2c(C)ccnc12.Cc1ccnc2c(C)cncc12.Cc1cncc2c(C)cccc12. The third kappa shape index (κ3) is 14.7. The Bertz CT molecular complexity index is 3460. The van der Waals surface area contributed by atoms with Crippen LogP contribution in [-0.2, 0) is 0 Å². The largest absolute Gasteiger partial charge is 0.264 e. The Hall–Kier alpha value is -9.73. The summed E-state index contributed by atoms with van der Waals surface area (Å²) in [7, 11) is 0. The number of hydrogen-bond acceptors (Lipinski definition) is 9. The van der Waals surface area contributed by atoms with Crippen molar-refractivity contribution in [3.05, 3.63) is 280 Å². The van der Waals surface area contributed by atoms with E-state index >= 15 is 0 Å². The normalized spacial score (nSPS) is 10.5. The second kappa shape index (κ2) is 28.3. The Balaban J connectivity index is 0.000000128. The molecule has 0 N–H and O–H groups in total. The van der Waals surface area contributed by atoms with Gasteiger partial charge in [0, 0.05) is 95.4 Å². The third-order valence-electron chi connectivity index (χ3n) is 15.1. The number of aryl methyl sites for hydroxylation is 14. The van der Waals surface area contributed by atoms with Crippen LogP contribution in [0, 0.1) is 96.9 Å². The van der Waals surface area contributed by atoms with Crippen molar-refractivity contribution in [1.29, 1.82) is 0 Å². The molecule has 0 aliphatic carbocycles. The van der Waals surface area contributed by atoms with Crippen LogP contribution in [0.1, 0.15) is 78.0 Å². The summed E-state index contributed by atoms with van der Waals surface area (Å²) in [6, 6.07) is 45.9. The molecule has 14 rings (SSSR count). The number of para-hydroxylation sites is 1. The van der Waals surface area contributed by atoms with Crippen LogP contribution in [0.3, 0.4) is 0 Å². The molecule has 420 valence electrons. The summed E-state index contributed by atoms with van der Waals surface area (Å²) in [5.74, 6) is 0. The second-order valence-electron chi connectivity index (χ2n) is 21.4. The van der Waals surface area contributed by atoms with Crippen molar-refractivity contribution in [2.24, 2.45) is 0 Å². The first-order valence-corrected chi connectivity index (χ1v) is 28.4. The highest BCUT2D eigenvalue weighted by Gasteiger charge is 2.05. The van der Waals surface area contributed by atoms with Gasteiger partial charge in [-0.05, 0) is 233 Å². The molecule has 0 saturated heterocycles.